The van der Waals surface area contributed by atoms with Crippen molar-refractivity contribution in [2.45, 2.75) is 46.3 Å². The molecule has 1 aliphatic heterocycles. The molecule has 0 amide bonds. The lowest BCUT2D eigenvalue weighted by atomic mass is 10.1. The van der Waals surface area contributed by atoms with Gasteiger partial charge in [-0.1, -0.05) is 50.2 Å². The lowest BCUT2D eigenvalue weighted by Gasteiger charge is -2.34. The Balaban J connectivity index is 1.51. The summed E-state index contributed by atoms with van der Waals surface area (Å²) in [6.45, 7) is 14.5. The third kappa shape index (κ3) is 6.31. The van der Waals surface area contributed by atoms with Crippen molar-refractivity contribution in [3.8, 4) is 0 Å². The van der Waals surface area contributed by atoms with Gasteiger partial charge in [-0.15, -0.1) is 0 Å². The van der Waals surface area contributed by atoms with E-state index in [9.17, 15) is 0 Å². The highest BCUT2D eigenvalue weighted by molar-refractivity contribution is 5.79. The number of aromatic nitrogens is 1. The van der Waals surface area contributed by atoms with E-state index in [1.54, 1.807) is 7.05 Å². The molecule has 1 aliphatic rings. The molecule has 0 bridgehead atoms. The molecule has 2 aromatic rings. The molecule has 7 heteroatoms. The first kappa shape index (κ1) is 22.3. The number of rotatable bonds is 8. The number of aliphatic imine (C=N–C) groups is 1. The summed E-state index contributed by atoms with van der Waals surface area (Å²) >= 11 is 0. The van der Waals surface area contributed by atoms with Crippen molar-refractivity contribution >= 4 is 5.96 Å². The van der Waals surface area contributed by atoms with E-state index in [0.717, 1.165) is 63.2 Å². The van der Waals surface area contributed by atoms with E-state index in [4.69, 9.17) is 4.52 Å². The number of likely N-dealkylation sites (N-methyl/N-ethyl adjacent to an activating group) is 1. The molecule has 1 aromatic carbocycles. The highest BCUT2D eigenvalue weighted by atomic mass is 16.5. The summed E-state index contributed by atoms with van der Waals surface area (Å²) in [5.74, 6) is 1.93. The molecular formula is C23H36N6O. The van der Waals surface area contributed by atoms with Crippen molar-refractivity contribution in [1.82, 2.24) is 25.6 Å². The molecule has 30 heavy (non-hydrogen) atoms. The minimum absolute atomic E-state index is 0.362. The van der Waals surface area contributed by atoms with Crippen LogP contribution in [0.1, 0.15) is 49.3 Å². The summed E-state index contributed by atoms with van der Waals surface area (Å²) < 4.78 is 5.40. The molecule has 0 spiro atoms. The number of piperazine rings is 1. The normalized spacial score (nSPS) is 16.2. The zero-order chi connectivity index (χ0) is 21.3. The molecule has 0 aliphatic carbocycles. The van der Waals surface area contributed by atoms with Crippen LogP contribution in [0.25, 0.3) is 0 Å². The van der Waals surface area contributed by atoms with Gasteiger partial charge in [-0.2, -0.15) is 0 Å². The van der Waals surface area contributed by atoms with Gasteiger partial charge in [0, 0.05) is 52.4 Å². The molecular weight excluding hydrogens is 376 g/mol. The summed E-state index contributed by atoms with van der Waals surface area (Å²) in [7, 11) is 1.79. The Labute approximate surface area is 180 Å². The number of nitrogens with zero attached hydrogens (tertiary/aromatic N) is 4. The Morgan fingerprint density at radius 3 is 2.37 bits per heavy atom. The van der Waals surface area contributed by atoms with Crippen molar-refractivity contribution in [2.24, 2.45) is 4.99 Å². The van der Waals surface area contributed by atoms with Crippen molar-refractivity contribution in [2.75, 3.05) is 39.8 Å². The van der Waals surface area contributed by atoms with Crippen molar-refractivity contribution in [3.05, 3.63) is 52.9 Å². The van der Waals surface area contributed by atoms with Crippen LogP contribution in [0.4, 0.5) is 0 Å². The Morgan fingerprint density at radius 2 is 1.73 bits per heavy atom. The summed E-state index contributed by atoms with van der Waals surface area (Å²) in [6, 6.07) is 10.7. The van der Waals surface area contributed by atoms with Gasteiger partial charge in [0.05, 0.1) is 12.2 Å². The highest BCUT2D eigenvalue weighted by Crippen LogP contribution is 2.15. The molecule has 7 nitrogen and oxygen atoms in total. The Hall–Kier alpha value is -2.38. The van der Waals surface area contributed by atoms with Crippen molar-refractivity contribution < 1.29 is 4.52 Å². The topological polar surface area (TPSA) is 68.9 Å². The summed E-state index contributed by atoms with van der Waals surface area (Å²) in [4.78, 5) is 9.40. The Morgan fingerprint density at radius 1 is 1.07 bits per heavy atom. The van der Waals surface area contributed by atoms with E-state index in [0.29, 0.717) is 12.5 Å². The van der Waals surface area contributed by atoms with Gasteiger partial charge in [0.25, 0.3) is 0 Å². The highest BCUT2D eigenvalue weighted by Gasteiger charge is 2.16. The van der Waals surface area contributed by atoms with Gasteiger partial charge in [-0.3, -0.25) is 9.89 Å². The first-order valence-corrected chi connectivity index (χ1v) is 11.0. The first-order chi connectivity index (χ1) is 14.6. The van der Waals surface area contributed by atoms with Gasteiger partial charge in [-0.25, -0.2) is 0 Å². The van der Waals surface area contributed by atoms with Crippen LogP contribution in [0.5, 0.6) is 0 Å². The monoisotopic (exact) mass is 412 g/mol. The average molecular weight is 413 g/mol. The largest absolute Gasteiger partial charge is 0.359 e. The maximum absolute atomic E-state index is 5.40. The van der Waals surface area contributed by atoms with E-state index in [1.807, 2.05) is 6.07 Å². The molecule has 2 heterocycles. The van der Waals surface area contributed by atoms with Gasteiger partial charge in [0.1, 0.15) is 0 Å². The molecule has 164 valence electrons. The van der Waals surface area contributed by atoms with Crippen molar-refractivity contribution in [1.29, 1.82) is 0 Å². The second-order valence-corrected chi connectivity index (χ2v) is 8.13. The maximum Gasteiger partial charge on any atom is 0.191 e. The number of guanidine groups is 1. The maximum atomic E-state index is 5.40. The minimum Gasteiger partial charge on any atom is -0.359 e. The molecule has 2 N–H and O–H groups in total. The summed E-state index contributed by atoms with van der Waals surface area (Å²) in [5, 5.41) is 10.8. The summed E-state index contributed by atoms with van der Waals surface area (Å²) in [6.07, 6.45) is 0. The van der Waals surface area contributed by atoms with Gasteiger partial charge >= 0.3 is 0 Å². The molecule has 1 fully saturated rings. The van der Waals surface area contributed by atoms with Crippen LogP contribution in [-0.2, 0) is 19.6 Å². The van der Waals surface area contributed by atoms with Gasteiger partial charge in [0.15, 0.2) is 11.7 Å². The van der Waals surface area contributed by atoms with Gasteiger partial charge in [0.2, 0.25) is 0 Å². The quantitative estimate of drug-likeness (QED) is 0.513. The molecule has 1 aromatic heterocycles. The third-order valence-electron chi connectivity index (χ3n) is 5.69. The van der Waals surface area contributed by atoms with Gasteiger partial charge < -0.3 is 20.1 Å². The third-order valence-corrected chi connectivity index (χ3v) is 5.69. The van der Waals surface area contributed by atoms with Crippen LogP contribution in [-0.4, -0.2) is 60.7 Å². The number of benzene rings is 1. The fraction of sp³-hybridized carbons (Fsp3) is 0.565. The SMILES string of the molecule is CCN1CCN(Cc2ccccc2CNC(=NC)NCc2cc(C(C)C)no2)CC1. The number of hydrogen-bond donors (Lipinski definition) is 2. The molecule has 0 saturated carbocycles. The lowest BCUT2D eigenvalue weighted by Crippen LogP contribution is -2.45. The van der Waals surface area contributed by atoms with Crippen LogP contribution in [0.3, 0.4) is 0 Å². The predicted molar refractivity (Wildman–Crippen MR) is 121 cm³/mol. The standard InChI is InChI=1S/C23H36N6O/c1-5-28-10-12-29(13-11-28)17-20-9-7-6-8-19(20)15-25-23(24-4)26-16-21-14-22(18(2)3)27-30-21/h6-9,14,18H,5,10-13,15-17H2,1-4H3,(H2,24,25,26). The number of nitrogens with one attached hydrogen (secondary N) is 2. The summed E-state index contributed by atoms with van der Waals surface area (Å²) in [5.41, 5.74) is 3.66. The van der Waals surface area contributed by atoms with Gasteiger partial charge in [-0.05, 0) is 23.6 Å². The lowest BCUT2D eigenvalue weighted by molar-refractivity contribution is 0.131. The minimum atomic E-state index is 0.362. The van der Waals surface area contributed by atoms with E-state index in [1.165, 1.54) is 11.1 Å². The van der Waals surface area contributed by atoms with E-state index in [2.05, 4.69) is 75.6 Å². The van der Waals surface area contributed by atoms with Crippen LogP contribution < -0.4 is 10.6 Å². The smallest absolute Gasteiger partial charge is 0.191 e. The molecule has 3 rings (SSSR count). The molecule has 0 unspecified atom stereocenters. The van der Waals surface area contributed by atoms with Crippen LogP contribution in [0, 0.1) is 0 Å². The predicted octanol–water partition coefficient (Wildman–Crippen LogP) is 2.80. The zero-order valence-electron chi connectivity index (χ0n) is 18.8. The van der Waals surface area contributed by atoms with Crippen LogP contribution in [0.15, 0.2) is 39.8 Å². The van der Waals surface area contributed by atoms with E-state index < -0.39 is 0 Å². The molecule has 0 radical (unpaired) electrons. The fourth-order valence-electron chi connectivity index (χ4n) is 3.64. The average Bonchev–Trinajstić information content (AvgIpc) is 3.25. The van der Waals surface area contributed by atoms with Crippen LogP contribution >= 0.6 is 0 Å². The second kappa shape index (κ2) is 11.1. The fourth-order valence-corrected chi connectivity index (χ4v) is 3.64. The second-order valence-electron chi connectivity index (χ2n) is 8.13. The first-order valence-electron chi connectivity index (χ1n) is 11.0. The van der Waals surface area contributed by atoms with Crippen molar-refractivity contribution in [3.63, 3.8) is 0 Å². The molecule has 1 saturated heterocycles. The molecule has 0 atom stereocenters. The number of hydrogen-bond acceptors (Lipinski definition) is 5. The van der Waals surface area contributed by atoms with E-state index >= 15 is 0 Å². The Kier molecular flexibility index (Phi) is 8.28. The zero-order valence-corrected chi connectivity index (χ0v) is 18.8. The Bertz CT molecular complexity index is 808. The van der Waals surface area contributed by atoms with Crippen LogP contribution in [0.2, 0.25) is 0 Å². The van der Waals surface area contributed by atoms with E-state index in [-0.39, 0.29) is 0 Å².